The van der Waals surface area contributed by atoms with Gasteiger partial charge in [-0.25, -0.2) is 4.79 Å². The molecule has 182 valence electrons. The molecule has 0 aromatic heterocycles. The van der Waals surface area contributed by atoms with Gasteiger partial charge in [-0.2, -0.15) is 0 Å². The van der Waals surface area contributed by atoms with Gasteiger partial charge in [-0.15, -0.1) is 0 Å². The molecule has 34 heavy (non-hydrogen) atoms. The van der Waals surface area contributed by atoms with Crippen molar-refractivity contribution in [2.75, 3.05) is 6.61 Å². The second-order valence-electron chi connectivity index (χ2n) is 12.8. The minimum Gasteiger partial charge on any atom is -0.456 e. The zero-order valence-electron chi connectivity index (χ0n) is 20.0. The third kappa shape index (κ3) is 2.58. The molecule has 0 aromatic rings. The standard InChI is InChI=1S/C28H34O6/c1-12(2)28(15-6-13-5-14(8-15)9-16(28)7-13)34-21(29)11-33-27(32)20-10-19-22-17-3-4-18(25(17)30)23(22)24(20)26(19)31/h3-4,12-20,22-24H,5-11H2,1-2H3. The normalized spacial score (nSPS) is 51.0. The van der Waals surface area contributed by atoms with Gasteiger partial charge in [0, 0.05) is 23.7 Å². The van der Waals surface area contributed by atoms with Crippen LogP contribution in [0, 0.1) is 71.0 Å². The van der Waals surface area contributed by atoms with Crippen molar-refractivity contribution in [3.05, 3.63) is 12.2 Å². The van der Waals surface area contributed by atoms with Crippen molar-refractivity contribution in [1.29, 1.82) is 0 Å². The molecule has 0 aliphatic heterocycles. The van der Waals surface area contributed by atoms with Gasteiger partial charge in [0.1, 0.15) is 17.2 Å². The molecule has 0 N–H and O–H groups in total. The highest BCUT2D eigenvalue weighted by atomic mass is 16.6. The van der Waals surface area contributed by atoms with Crippen LogP contribution in [0.3, 0.4) is 0 Å². The van der Waals surface area contributed by atoms with Gasteiger partial charge >= 0.3 is 11.9 Å². The summed E-state index contributed by atoms with van der Waals surface area (Å²) in [4.78, 5) is 51.5. The van der Waals surface area contributed by atoms with Crippen LogP contribution >= 0.6 is 0 Å². The quantitative estimate of drug-likeness (QED) is 0.351. The van der Waals surface area contributed by atoms with Crippen LogP contribution in [0.15, 0.2) is 12.2 Å². The third-order valence-electron chi connectivity index (χ3n) is 11.2. The highest BCUT2D eigenvalue weighted by molar-refractivity contribution is 6.01. The Morgan fingerprint density at radius 2 is 1.53 bits per heavy atom. The average Bonchev–Trinajstić information content (AvgIpc) is 3.50. The SMILES string of the molecule is CC(C)C1(OC(=O)COC(=O)C2CC3C(=O)C2C2C4C=CC(C4=O)C32)C2CC3CC(C2)CC1C3. The predicted molar refractivity (Wildman–Crippen MR) is 120 cm³/mol. The molecular weight excluding hydrogens is 432 g/mol. The molecule has 7 atom stereocenters. The van der Waals surface area contributed by atoms with Crippen molar-refractivity contribution < 1.29 is 28.7 Å². The van der Waals surface area contributed by atoms with Crippen LogP contribution in [0.1, 0.15) is 52.4 Å². The van der Waals surface area contributed by atoms with E-state index in [1.54, 1.807) is 0 Å². The number of esters is 2. The highest BCUT2D eigenvalue weighted by Gasteiger charge is 2.70. The lowest BCUT2D eigenvalue weighted by atomic mass is 9.47. The Kier molecular flexibility index (Phi) is 4.41. The van der Waals surface area contributed by atoms with Crippen molar-refractivity contribution in [2.45, 2.75) is 58.0 Å². The van der Waals surface area contributed by atoms with Crippen molar-refractivity contribution in [3.8, 4) is 0 Å². The maximum absolute atomic E-state index is 13.0. The van der Waals surface area contributed by atoms with Crippen LogP contribution in [0.25, 0.3) is 0 Å². The zero-order valence-corrected chi connectivity index (χ0v) is 20.0. The number of rotatable bonds is 5. The maximum Gasteiger partial charge on any atom is 0.344 e. The Labute approximate surface area is 200 Å². The van der Waals surface area contributed by atoms with Gasteiger partial charge in [-0.1, -0.05) is 26.0 Å². The fourth-order valence-corrected chi connectivity index (χ4v) is 10.4. The van der Waals surface area contributed by atoms with E-state index in [1.165, 1.54) is 6.42 Å². The molecular formula is C28H34O6. The van der Waals surface area contributed by atoms with E-state index in [-0.39, 0.29) is 53.7 Å². The van der Waals surface area contributed by atoms with Gasteiger partial charge in [0.25, 0.3) is 0 Å². The summed E-state index contributed by atoms with van der Waals surface area (Å²) in [6, 6.07) is 0. The molecule has 0 heterocycles. The molecule has 8 rings (SSSR count). The maximum atomic E-state index is 13.0. The molecule has 0 amide bonds. The first-order valence-electron chi connectivity index (χ1n) is 13.4. The lowest BCUT2D eigenvalue weighted by Gasteiger charge is -2.61. The Hall–Kier alpha value is -1.98. The summed E-state index contributed by atoms with van der Waals surface area (Å²) in [5.41, 5.74) is -0.442. The molecule has 7 unspecified atom stereocenters. The van der Waals surface area contributed by atoms with E-state index in [9.17, 15) is 19.2 Å². The van der Waals surface area contributed by atoms with Crippen LogP contribution < -0.4 is 0 Å². The van der Waals surface area contributed by atoms with Gasteiger partial charge in [0.05, 0.1) is 5.92 Å². The molecule has 0 spiro atoms. The molecule has 6 heteroatoms. The number of hydrogen-bond acceptors (Lipinski definition) is 6. The van der Waals surface area contributed by atoms with E-state index in [0.717, 1.165) is 37.5 Å². The van der Waals surface area contributed by atoms with E-state index >= 15 is 0 Å². The Bertz CT molecular complexity index is 980. The summed E-state index contributed by atoms with van der Waals surface area (Å²) >= 11 is 0. The molecule has 0 radical (unpaired) electrons. The minimum absolute atomic E-state index is 0.0597. The van der Waals surface area contributed by atoms with E-state index in [2.05, 4.69) is 13.8 Å². The first-order chi connectivity index (χ1) is 16.3. The van der Waals surface area contributed by atoms with Crippen LogP contribution in [0.5, 0.6) is 0 Å². The van der Waals surface area contributed by atoms with Crippen LogP contribution in [0.4, 0.5) is 0 Å². The Morgan fingerprint density at radius 1 is 0.912 bits per heavy atom. The Morgan fingerprint density at radius 3 is 2.15 bits per heavy atom. The topological polar surface area (TPSA) is 86.7 Å². The third-order valence-corrected chi connectivity index (χ3v) is 11.2. The molecule has 0 aromatic carbocycles. The molecule has 6 nitrogen and oxygen atoms in total. The second-order valence-corrected chi connectivity index (χ2v) is 12.8. The Balaban J connectivity index is 1.02. The van der Waals surface area contributed by atoms with Crippen LogP contribution in [0.2, 0.25) is 0 Å². The predicted octanol–water partition coefficient (Wildman–Crippen LogP) is 3.38. The van der Waals surface area contributed by atoms with Gasteiger partial charge in [-0.3, -0.25) is 14.4 Å². The zero-order chi connectivity index (χ0) is 23.5. The number of hydrogen-bond donors (Lipinski definition) is 0. The monoisotopic (exact) mass is 466 g/mol. The van der Waals surface area contributed by atoms with E-state index in [0.29, 0.717) is 18.3 Å². The minimum atomic E-state index is -0.535. The average molecular weight is 467 g/mol. The number of allylic oxidation sites excluding steroid dienone is 2. The van der Waals surface area contributed by atoms with E-state index < -0.39 is 29.4 Å². The number of carbonyl (C=O) groups is 4. The first-order valence-corrected chi connectivity index (χ1v) is 13.4. The fourth-order valence-electron chi connectivity index (χ4n) is 10.4. The van der Waals surface area contributed by atoms with Gasteiger partial charge in [0.15, 0.2) is 6.61 Å². The number of ketones is 2. The van der Waals surface area contributed by atoms with E-state index in [1.807, 2.05) is 12.2 Å². The summed E-state index contributed by atoms with van der Waals surface area (Å²) in [6.07, 6.45) is 10.2. The van der Waals surface area contributed by atoms with Crippen molar-refractivity contribution >= 4 is 23.5 Å². The van der Waals surface area contributed by atoms with Crippen molar-refractivity contribution in [3.63, 3.8) is 0 Å². The first kappa shape index (κ1) is 21.3. The molecule has 7 fully saturated rings. The number of Topliss-reactive ketones (excluding diaryl/α,β-unsaturated/α-hetero) is 2. The summed E-state index contributed by atoms with van der Waals surface area (Å²) in [5, 5.41) is 0. The number of fused-ring (bicyclic) bond motifs is 9. The molecule has 8 bridgehead atoms. The highest BCUT2D eigenvalue weighted by Crippen LogP contribution is 2.64. The van der Waals surface area contributed by atoms with Gasteiger partial charge in [0.2, 0.25) is 0 Å². The lowest BCUT2D eigenvalue weighted by Crippen LogP contribution is -2.62. The second kappa shape index (κ2) is 7.04. The molecule has 7 saturated carbocycles. The van der Waals surface area contributed by atoms with Gasteiger partial charge in [-0.05, 0) is 80.0 Å². The molecule has 8 aliphatic carbocycles. The van der Waals surface area contributed by atoms with Gasteiger partial charge < -0.3 is 9.47 Å². The summed E-state index contributed by atoms with van der Waals surface area (Å²) in [6.45, 7) is 3.93. The van der Waals surface area contributed by atoms with Crippen LogP contribution in [-0.2, 0) is 28.7 Å². The number of carbonyl (C=O) groups excluding carboxylic acids is 4. The largest absolute Gasteiger partial charge is 0.456 e. The summed E-state index contributed by atoms with van der Waals surface area (Å²) < 4.78 is 11.8. The smallest absolute Gasteiger partial charge is 0.344 e. The summed E-state index contributed by atoms with van der Waals surface area (Å²) in [7, 11) is 0. The van der Waals surface area contributed by atoms with E-state index in [4.69, 9.17) is 9.47 Å². The van der Waals surface area contributed by atoms with Crippen molar-refractivity contribution in [2.24, 2.45) is 71.0 Å². The van der Waals surface area contributed by atoms with Crippen molar-refractivity contribution in [1.82, 2.24) is 0 Å². The molecule has 8 aliphatic rings. The lowest BCUT2D eigenvalue weighted by molar-refractivity contribution is -0.228. The number of ether oxygens (including phenoxy) is 2. The fraction of sp³-hybridized carbons (Fsp3) is 0.786. The molecule has 0 saturated heterocycles. The summed E-state index contributed by atoms with van der Waals surface area (Å²) in [5.74, 6) is 0.447. The van der Waals surface area contributed by atoms with Crippen LogP contribution in [-0.4, -0.2) is 35.7 Å².